The van der Waals surface area contributed by atoms with Crippen molar-refractivity contribution in [2.24, 2.45) is 0 Å². The Balaban J connectivity index is 1.04. The third kappa shape index (κ3) is 5.01. The highest BCUT2D eigenvalue weighted by Crippen LogP contribution is 2.64. The summed E-state index contributed by atoms with van der Waals surface area (Å²) in [5.41, 5.74) is 27.8. The topological polar surface area (TPSA) is 28.4 Å². The predicted molar refractivity (Wildman–Crippen MR) is 292 cm³/mol. The maximum Gasteiger partial charge on any atom is 0.197 e. The number of para-hydroxylation sites is 3. The summed E-state index contributed by atoms with van der Waals surface area (Å²) in [5.74, 6) is 0. The standard InChI is InChI=1S/C66H52BN2O/c1-63(2)34-35-64(3,4)52-36-38(30-32-48(52)63)68-60-41(31-33-50-57(60)42-20-9-11-22-45(42)65(50,5)6)44-37-56-58(43-21-10-16-29-55(43)70-56)62-59(44)67-53-27-17-26-51-61(53)69(62)54-28-15-14-25-49(54)66(51)46-23-12-7-18-39(46)40-19-8-13-24-47(40)66/h7-33,36-37,68H,34-35H2,1-6H3. The van der Waals surface area contributed by atoms with Crippen LogP contribution in [0.25, 0.3) is 55.3 Å². The summed E-state index contributed by atoms with van der Waals surface area (Å²) < 4.78 is 7.07. The Morgan fingerprint density at radius 2 is 1.10 bits per heavy atom. The monoisotopic (exact) mass is 899 g/mol. The van der Waals surface area contributed by atoms with E-state index < -0.39 is 5.41 Å². The van der Waals surface area contributed by atoms with Crippen molar-refractivity contribution in [2.45, 2.75) is 76.0 Å². The Kier molecular flexibility index (Phi) is 7.84. The van der Waals surface area contributed by atoms with Crippen LogP contribution in [-0.4, -0.2) is 7.28 Å². The van der Waals surface area contributed by atoms with Crippen molar-refractivity contribution in [3.05, 3.63) is 220 Å². The molecule has 335 valence electrons. The fraction of sp³-hybridized carbons (Fsp3) is 0.182. The Bertz CT molecular complexity index is 3910. The van der Waals surface area contributed by atoms with Gasteiger partial charge in [-0.05, 0) is 126 Å². The summed E-state index contributed by atoms with van der Waals surface area (Å²) in [5, 5.41) is 6.47. The molecule has 0 saturated carbocycles. The molecule has 0 atom stereocenters. The average Bonchev–Trinajstić information content (AvgIpc) is 3.98. The van der Waals surface area contributed by atoms with Gasteiger partial charge in [-0.2, -0.15) is 0 Å². The number of fused-ring (bicyclic) bond motifs is 19. The summed E-state index contributed by atoms with van der Waals surface area (Å²) in [6.07, 6.45) is 2.34. The molecule has 0 amide bonds. The van der Waals surface area contributed by atoms with Crippen LogP contribution in [0.1, 0.15) is 98.9 Å². The van der Waals surface area contributed by atoms with Crippen LogP contribution in [0.2, 0.25) is 0 Å². The molecule has 1 aromatic heterocycles. The molecule has 2 aliphatic heterocycles. The fourth-order valence-corrected chi connectivity index (χ4v) is 14.1. The Labute approximate surface area is 411 Å². The highest BCUT2D eigenvalue weighted by Gasteiger charge is 2.53. The number of nitrogens with zero attached hydrogens (tertiary/aromatic N) is 1. The van der Waals surface area contributed by atoms with Gasteiger partial charge in [-0.1, -0.05) is 193 Å². The molecule has 1 radical (unpaired) electrons. The number of anilines is 5. The normalized spacial score (nSPS) is 17.1. The van der Waals surface area contributed by atoms with Crippen LogP contribution in [0.4, 0.5) is 28.4 Å². The zero-order chi connectivity index (χ0) is 47.1. The molecule has 0 saturated heterocycles. The van der Waals surface area contributed by atoms with Crippen LogP contribution in [0.3, 0.4) is 0 Å². The van der Waals surface area contributed by atoms with Gasteiger partial charge in [0, 0.05) is 33.3 Å². The molecule has 3 aliphatic carbocycles. The smallest absolute Gasteiger partial charge is 0.197 e. The van der Waals surface area contributed by atoms with E-state index in [9.17, 15) is 0 Å². The largest absolute Gasteiger partial charge is 0.456 e. The molecule has 0 unspecified atom stereocenters. The van der Waals surface area contributed by atoms with Crippen LogP contribution in [0.5, 0.6) is 0 Å². The number of hydrogen-bond acceptors (Lipinski definition) is 3. The van der Waals surface area contributed by atoms with Gasteiger partial charge < -0.3 is 14.6 Å². The van der Waals surface area contributed by atoms with Crippen molar-refractivity contribution in [3.8, 4) is 33.4 Å². The minimum atomic E-state index is -0.512. The molecule has 70 heavy (non-hydrogen) atoms. The van der Waals surface area contributed by atoms with Gasteiger partial charge in [-0.3, -0.25) is 0 Å². The third-order valence-corrected chi connectivity index (χ3v) is 17.6. The Morgan fingerprint density at radius 3 is 1.87 bits per heavy atom. The van der Waals surface area contributed by atoms with E-state index in [1.54, 1.807) is 0 Å². The minimum Gasteiger partial charge on any atom is -0.456 e. The van der Waals surface area contributed by atoms with Crippen molar-refractivity contribution in [3.63, 3.8) is 0 Å². The van der Waals surface area contributed by atoms with Crippen LogP contribution >= 0.6 is 0 Å². The van der Waals surface area contributed by atoms with E-state index in [0.717, 1.165) is 56.5 Å². The lowest BCUT2D eigenvalue weighted by Gasteiger charge is -2.48. The summed E-state index contributed by atoms with van der Waals surface area (Å²) >= 11 is 0. The minimum absolute atomic E-state index is 0.0666. The molecule has 4 heteroatoms. The van der Waals surface area contributed by atoms with Crippen molar-refractivity contribution >= 4 is 68.6 Å². The quantitative estimate of drug-likeness (QED) is 0.179. The van der Waals surface area contributed by atoms with Crippen LogP contribution in [0, 0.1) is 0 Å². The molecule has 1 spiro atoms. The summed E-state index contributed by atoms with van der Waals surface area (Å²) in [6, 6.07) is 66.5. The summed E-state index contributed by atoms with van der Waals surface area (Å²) in [7, 11) is 2.49. The molecular formula is C66H52BN2O. The van der Waals surface area contributed by atoms with E-state index >= 15 is 0 Å². The zero-order valence-corrected chi connectivity index (χ0v) is 40.6. The summed E-state index contributed by atoms with van der Waals surface area (Å²) in [6.45, 7) is 14.4. The Hall–Kier alpha value is -7.56. The maximum absolute atomic E-state index is 7.07. The molecule has 3 nitrogen and oxygen atoms in total. The molecule has 9 aromatic carbocycles. The van der Waals surface area contributed by atoms with Crippen molar-refractivity contribution in [1.29, 1.82) is 0 Å². The highest BCUT2D eigenvalue weighted by atomic mass is 16.3. The lowest BCUT2D eigenvalue weighted by molar-refractivity contribution is 0.332. The van der Waals surface area contributed by atoms with Crippen LogP contribution in [-0.2, 0) is 21.7 Å². The number of furan rings is 1. The average molecular weight is 900 g/mol. The van der Waals surface area contributed by atoms with Gasteiger partial charge in [0.15, 0.2) is 7.28 Å². The fourth-order valence-electron chi connectivity index (χ4n) is 14.1. The van der Waals surface area contributed by atoms with E-state index in [-0.39, 0.29) is 16.2 Å². The summed E-state index contributed by atoms with van der Waals surface area (Å²) in [4.78, 5) is 2.62. The molecule has 3 heterocycles. The van der Waals surface area contributed by atoms with Gasteiger partial charge in [0.25, 0.3) is 0 Å². The predicted octanol–water partition coefficient (Wildman–Crippen LogP) is 15.8. The van der Waals surface area contributed by atoms with Crippen LogP contribution in [0.15, 0.2) is 180 Å². The number of hydrogen-bond donors (Lipinski definition) is 1. The first kappa shape index (κ1) is 40.3. The number of benzene rings is 9. The van der Waals surface area contributed by atoms with E-state index in [2.05, 4.69) is 235 Å². The van der Waals surface area contributed by atoms with Crippen molar-refractivity contribution in [2.75, 3.05) is 10.2 Å². The second-order valence-corrected chi connectivity index (χ2v) is 22.5. The van der Waals surface area contributed by atoms with Gasteiger partial charge in [0.2, 0.25) is 0 Å². The lowest BCUT2D eigenvalue weighted by Crippen LogP contribution is -2.47. The lowest BCUT2D eigenvalue weighted by atomic mass is 9.54. The Morgan fingerprint density at radius 1 is 0.471 bits per heavy atom. The van der Waals surface area contributed by atoms with E-state index in [4.69, 9.17) is 4.42 Å². The number of rotatable bonds is 3. The van der Waals surface area contributed by atoms with Gasteiger partial charge in [0.1, 0.15) is 11.2 Å². The maximum atomic E-state index is 7.07. The SMILES string of the molecule is CC1(C)CCC(C)(C)c2cc(Nc3c(-c4cc5oc6ccccc6c5c5c4[B]c4cccc6c4N5c4ccccc4C64c5ccccc5-c5ccccc54)ccc4c3-c3ccccc3C4(C)C)ccc21. The third-order valence-electron chi connectivity index (χ3n) is 17.6. The first-order valence-corrected chi connectivity index (χ1v) is 25.2. The van der Waals surface area contributed by atoms with Crippen molar-refractivity contribution in [1.82, 2.24) is 0 Å². The zero-order valence-electron chi connectivity index (χ0n) is 40.6. The molecule has 0 fully saturated rings. The van der Waals surface area contributed by atoms with E-state index in [1.165, 1.54) is 95.5 Å². The van der Waals surface area contributed by atoms with Gasteiger partial charge in [-0.15, -0.1) is 0 Å². The van der Waals surface area contributed by atoms with Gasteiger partial charge >= 0.3 is 0 Å². The van der Waals surface area contributed by atoms with Gasteiger partial charge in [-0.25, -0.2) is 0 Å². The molecule has 1 N–H and O–H groups in total. The number of nitrogens with one attached hydrogen (secondary N) is 1. The molecular weight excluding hydrogens is 848 g/mol. The highest BCUT2D eigenvalue weighted by molar-refractivity contribution is 6.74. The van der Waals surface area contributed by atoms with E-state index in [0.29, 0.717) is 0 Å². The second-order valence-electron chi connectivity index (χ2n) is 22.5. The molecule has 0 bridgehead atoms. The molecule has 5 aliphatic rings. The second kappa shape index (κ2) is 13.6. The van der Waals surface area contributed by atoms with Crippen molar-refractivity contribution < 1.29 is 4.42 Å². The van der Waals surface area contributed by atoms with E-state index in [1.807, 2.05) is 0 Å². The molecule has 15 rings (SSSR count). The first-order chi connectivity index (χ1) is 34.0. The van der Waals surface area contributed by atoms with Crippen LogP contribution < -0.4 is 21.1 Å². The first-order valence-electron chi connectivity index (χ1n) is 25.2. The molecule has 10 aromatic rings. The van der Waals surface area contributed by atoms with Gasteiger partial charge in [0.05, 0.1) is 27.9 Å².